The minimum Gasteiger partial charge on any atom is -0.467 e. The monoisotopic (exact) mass is 345 g/mol. The molecule has 23 heavy (non-hydrogen) atoms. The van der Waals surface area contributed by atoms with Crippen molar-refractivity contribution in [1.29, 1.82) is 0 Å². The fraction of sp³-hybridized carbons (Fsp3) is 0.800. The van der Waals surface area contributed by atoms with E-state index in [1.54, 1.807) is 25.7 Å². The molecule has 8 heteroatoms. The minimum atomic E-state index is -0.840. The van der Waals surface area contributed by atoms with Crippen LogP contribution in [0.25, 0.3) is 0 Å². The Hall–Kier alpha value is -1.28. The van der Waals surface area contributed by atoms with Gasteiger partial charge in [-0.25, -0.2) is 9.59 Å². The van der Waals surface area contributed by atoms with Gasteiger partial charge in [-0.15, -0.1) is 11.8 Å². The van der Waals surface area contributed by atoms with E-state index in [1.165, 1.54) is 19.1 Å². The second-order valence-electron chi connectivity index (χ2n) is 5.86. The van der Waals surface area contributed by atoms with Crippen molar-refractivity contribution in [2.24, 2.45) is 10.9 Å². The molecule has 0 radical (unpaired) electrons. The molecular weight excluding hydrogens is 318 g/mol. The largest absolute Gasteiger partial charge is 0.467 e. The highest BCUT2D eigenvalue weighted by Gasteiger charge is 2.30. The normalized spacial score (nSPS) is 20.0. The highest BCUT2D eigenvalue weighted by molar-refractivity contribution is 8.14. The Kier molecular flexibility index (Phi) is 7.84. The smallest absolute Gasteiger partial charge is 0.331 e. The number of nitrogens with one attached hydrogen (secondary N) is 1. The molecule has 2 amide bonds. The number of ether oxygens (including phenoxy) is 2. The molecule has 1 aliphatic heterocycles. The van der Waals surface area contributed by atoms with E-state index >= 15 is 0 Å². The molecule has 0 aromatic carbocycles. The third-order valence-corrected chi connectivity index (χ3v) is 5.06. The van der Waals surface area contributed by atoms with E-state index in [9.17, 15) is 9.59 Å². The van der Waals surface area contributed by atoms with Crippen molar-refractivity contribution in [3.05, 3.63) is 0 Å². The number of hydrogen-bond donors (Lipinski definition) is 1. The molecule has 0 spiro atoms. The van der Waals surface area contributed by atoms with E-state index in [0.717, 1.165) is 10.8 Å². The van der Waals surface area contributed by atoms with E-state index < -0.39 is 18.1 Å². The zero-order chi connectivity index (χ0) is 17.6. The van der Waals surface area contributed by atoms with Gasteiger partial charge >= 0.3 is 12.0 Å². The highest BCUT2D eigenvalue weighted by atomic mass is 32.2. The number of hydrogen-bond acceptors (Lipinski definition) is 6. The molecule has 132 valence electrons. The highest BCUT2D eigenvalue weighted by Crippen LogP contribution is 2.23. The zero-order valence-electron chi connectivity index (χ0n) is 14.7. The topological polar surface area (TPSA) is 80.2 Å². The molecule has 1 aliphatic rings. The summed E-state index contributed by atoms with van der Waals surface area (Å²) in [6.45, 7) is 6.43. The summed E-state index contributed by atoms with van der Waals surface area (Å²) in [5, 5.41) is 3.79. The predicted octanol–water partition coefficient (Wildman–Crippen LogP) is 1.37. The number of rotatable bonds is 7. The summed E-state index contributed by atoms with van der Waals surface area (Å²) in [6.07, 6.45) is -0.479. The Morgan fingerprint density at radius 2 is 2.04 bits per heavy atom. The Morgan fingerprint density at radius 3 is 2.52 bits per heavy atom. The van der Waals surface area contributed by atoms with Crippen molar-refractivity contribution in [3.8, 4) is 0 Å². The molecule has 0 saturated heterocycles. The molecule has 1 heterocycles. The number of thioether (sulfide) groups is 1. The lowest BCUT2D eigenvalue weighted by molar-refractivity contribution is -0.146. The van der Waals surface area contributed by atoms with E-state index in [0.29, 0.717) is 12.5 Å². The van der Waals surface area contributed by atoms with Gasteiger partial charge in [-0.05, 0) is 6.92 Å². The average molecular weight is 345 g/mol. The summed E-state index contributed by atoms with van der Waals surface area (Å²) in [5.41, 5.74) is 0. The fourth-order valence-corrected chi connectivity index (χ4v) is 3.22. The lowest BCUT2D eigenvalue weighted by Crippen LogP contribution is -2.53. The maximum atomic E-state index is 12.3. The summed E-state index contributed by atoms with van der Waals surface area (Å²) in [4.78, 5) is 30.2. The van der Waals surface area contributed by atoms with Gasteiger partial charge in [0.2, 0.25) is 0 Å². The summed E-state index contributed by atoms with van der Waals surface area (Å²) in [7, 11) is 4.45. The maximum Gasteiger partial charge on any atom is 0.331 e. The zero-order valence-corrected chi connectivity index (χ0v) is 15.5. The number of methoxy groups -OCH3 is 2. The van der Waals surface area contributed by atoms with Gasteiger partial charge in [0.15, 0.2) is 6.04 Å². The molecule has 2 unspecified atom stereocenters. The second kappa shape index (κ2) is 9.12. The molecule has 0 fully saturated rings. The van der Waals surface area contributed by atoms with Crippen LogP contribution in [0.15, 0.2) is 4.99 Å². The molecule has 0 aromatic heterocycles. The van der Waals surface area contributed by atoms with Gasteiger partial charge in [0.1, 0.15) is 0 Å². The predicted molar refractivity (Wildman–Crippen MR) is 92.0 cm³/mol. The molecule has 0 bridgehead atoms. The Balaban J connectivity index is 2.60. The van der Waals surface area contributed by atoms with Gasteiger partial charge in [0.25, 0.3) is 0 Å². The van der Waals surface area contributed by atoms with E-state index in [-0.39, 0.29) is 12.1 Å². The number of amides is 2. The van der Waals surface area contributed by atoms with E-state index in [4.69, 9.17) is 9.47 Å². The molecule has 0 aromatic rings. The molecule has 1 N–H and O–H groups in total. The number of urea groups is 1. The number of esters is 1. The van der Waals surface area contributed by atoms with Crippen LogP contribution >= 0.6 is 11.8 Å². The van der Waals surface area contributed by atoms with Crippen LogP contribution in [-0.4, -0.2) is 73.7 Å². The first kappa shape index (κ1) is 19.8. The van der Waals surface area contributed by atoms with Gasteiger partial charge in [0, 0.05) is 32.4 Å². The number of nitrogens with zero attached hydrogens (tertiary/aromatic N) is 2. The third-order valence-electron chi connectivity index (χ3n) is 3.63. The third kappa shape index (κ3) is 5.69. The van der Waals surface area contributed by atoms with Gasteiger partial charge in [0.05, 0.1) is 24.3 Å². The van der Waals surface area contributed by atoms with Crippen molar-refractivity contribution >= 4 is 28.8 Å². The summed E-state index contributed by atoms with van der Waals surface area (Å²) in [6, 6.07) is -1.10. The Bertz CT molecular complexity index is 456. The van der Waals surface area contributed by atoms with Crippen molar-refractivity contribution in [3.63, 3.8) is 0 Å². The van der Waals surface area contributed by atoms with Crippen LogP contribution in [0, 0.1) is 5.92 Å². The fourth-order valence-electron chi connectivity index (χ4n) is 2.12. The first-order chi connectivity index (χ1) is 10.8. The molecule has 1 rings (SSSR count). The van der Waals surface area contributed by atoms with Crippen LogP contribution in [-0.2, 0) is 14.3 Å². The SMILES string of the molecule is COC(=O)[C@@H](NC(=O)N(C)CC1CSC(C(C)C)=N1)C(C)OC. The quantitative estimate of drug-likeness (QED) is 0.705. The van der Waals surface area contributed by atoms with Gasteiger partial charge in [-0.2, -0.15) is 0 Å². The molecule has 0 saturated carbocycles. The second-order valence-corrected chi connectivity index (χ2v) is 6.90. The van der Waals surface area contributed by atoms with Gasteiger partial charge in [-0.3, -0.25) is 4.99 Å². The number of aliphatic imine (C=N–C) groups is 1. The van der Waals surface area contributed by atoms with Gasteiger partial charge < -0.3 is 19.7 Å². The Labute approximate surface area is 142 Å². The standard InChI is InChI=1S/C15H27N3O4S/c1-9(2)13-16-11(8-23-13)7-18(4)15(20)17-12(10(3)21-5)14(19)22-6/h9-12H,7-8H2,1-6H3,(H,17,20)/t10?,11?,12-/m0/s1. The average Bonchev–Trinajstić information content (AvgIpc) is 2.99. The summed E-state index contributed by atoms with van der Waals surface area (Å²) >= 11 is 1.74. The van der Waals surface area contributed by atoms with Crippen LogP contribution < -0.4 is 5.32 Å². The molecule has 3 atom stereocenters. The first-order valence-corrected chi connectivity index (χ1v) is 8.61. The van der Waals surface area contributed by atoms with E-state index in [1.807, 2.05) is 0 Å². The minimum absolute atomic E-state index is 0.0876. The number of carbonyl (C=O) groups excluding carboxylic acids is 2. The summed E-state index contributed by atoms with van der Waals surface area (Å²) in [5.74, 6) is 0.757. The van der Waals surface area contributed by atoms with Crippen LogP contribution in [0.1, 0.15) is 20.8 Å². The molecular formula is C15H27N3O4S. The lowest BCUT2D eigenvalue weighted by atomic mass is 10.2. The lowest BCUT2D eigenvalue weighted by Gasteiger charge is -2.26. The van der Waals surface area contributed by atoms with Crippen LogP contribution in [0.2, 0.25) is 0 Å². The number of carbonyl (C=O) groups is 2. The van der Waals surface area contributed by atoms with Crippen LogP contribution in [0.3, 0.4) is 0 Å². The van der Waals surface area contributed by atoms with E-state index in [2.05, 4.69) is 24.2 Å². The van der Waals surface area contributed by atoms with Crippen molar-refractivity contribution < 1.29 is 19.1 Å². The van der Waals surface area contributed by atoms with Crippen molar-refractivity contribution in [2.75, 3.05) is 33.6 Å². The van der Waals surface area contributed by atoms with Crippen LogP contribution in [0.5, 0.6) is 0 Å². The molecule has 0 aliphatic carbocycles. The summed E-state index contributed by atoms with van der Waals surface area (Å²) < 4.78 is 9.84. The molecule has 7 nitrogen and oxygen atoms in total. The van der Waals surface area contributed by atoms with Crippen LogP contribution in [0.4, 0.5) is 4.79 Å². The maximum absolute atomic E-state index is 12.3. The first-order valence-electron chi connectivity index (χ1n) is 7.62. The number of likely N-dealkylation sites (N-methyl/N-ethyl adjacent to an activating group) is 1. The van der Waals surface area contributed by atoms with Crippen molar-refractivity contribution in [2.45, 2.75) is 39.0 Å². The Morgan fingerprint density at radius 1 is 1.39 bits per heavy atom. The van der Waals surface area contributed by atoms with Gasteiger partial charge in [-0.1, -0.05) is 13.8 Å². The van der Waals surface area contributed by atoms with Crippen molar-refractivity contribution in [1.82, 2.24) is 10.2 Å².